The van der Waals surface area contributed by atoms with Crippen molar-refractivity contribution in [2.24, 2.45) is 0 Å². The zero-order chi connectivity index (χ0) is 19.9. The molecule has 0 saturated heterocycles. The molecule has 0 radical (unpaired) electrons. The van der Waals surface area contributed by atoms with Crippen molar-refractivity contribution in [2.75, 3.05) is 0 Å². The standard InChI is InChI=1S/C18H16Br6O2/c1-17(2,11-5-9(19)7-13(21)15(11)23)25-26-18(3,4)12-6-10(20)8-14(22)16(12)24/h5-8H,1-4H3. The fourth-order valence-corrected chi connectivity index (χ4v) is 6.15. The molecule has 26 heavy (non-hydrogen) atoms. The second kappa shape index (κ2) is 8.94. The normalized spacial score (nSPS) is 12.5. The van der Waals surface area contributed by atoms with Crippen molar-refractivity contribution in [3.8, 4) is 0 Å². The average molecular weight is 744 g/mol. The molecule has 0 atom stereocenters. The van der Waals surface area contributed by atoms with Crippen molar-refractivity contribution in [2.45, 2.75) is 38.9 Å². The van der Waals surface area contributed by atoms with Gasteiger partial charge in [-0.2, -0.15) is 0 Å². The van der Waals surface area contributed by atoms with Gasteiger partial charge in [-0.3, -0.25) is 0 Å². The lowest BCUT2D eigenvalue weighted by Gasteiger charge is -2.32. The second-order valence-electron chi connectivity index (χ2n) is 6.69. The van der Waals surface area contributed by atoms with Crippen LogP contribution >= 0.6 is 95.6 Å². The minimum Gasteiger partial charge on any atom is -0.225 e. The van der Waals surface area contributed by atoms with Crippen molar-refractivity contribution >= 4 is 95.6 Å². The molecular weight excluding hydrogens is 728 g/mol. The summed E-state index contributed by atoms with van der Waals surface area (Å²) in [5.41, 5.74) is 0.559. The molecule has 2 aromatic rings. The van der Waals surface area contributed by atoms with Crippen LogP contribution in [0.3, 0.4) is 0 Å². The lowest BCUT2D eigenvalue weighted by Crippen LogP contribution is -2.30. The third-order valence-corrected chi connectivity index (χ3v) is 8.68. The van der Waals surface area contributed by atoms with Gasteiger partial charge in [0.05, 0.1) is 0 Å². The number of benzene rings is 2. The van der Waals surface area contributed by atoms with Crippen LogP contribution in [0.1, 0.15) is 38.8 Å². The summed E-state index contributed by atoms with van der Waals surface area (Å²) in [6, 6.07) is 7.98. The van der Waals surface area contributed by atoms with Crippen LogP contribution in [-0.4, -0.2) is 0 Å². The summed E-state index contributed by atoms with van der Waals surface area (Å²) in [5, 5.41) is 0. The van der Waals surface area contributed by atoms with E-state index in [4.69, 9.17) is 9.78 Å². The number of rotatable bonds is 5. The highest BCUT2D eigenvalue weighted by Gasteiger charge is 2.33. The van der Waals surface area contributed by atoms with Crippen molar-refractivity contribution in [1.82, 2.24) is 0 Å². The van der Waals surface area contributed by atoms with Crippen LogP contribution in [0, 0.1) is 0 Å². The summed E-state index contributed by atoms with van der Waals surface area (Å²) in [4.78, 5) is 11.9. The molecule has 0 amide bonds. The fraction of sp³-hybridized carbons (Fsp3) is 0.333. The van der Waals surface area contributed by atoms with Crippen LogP contribution in [0.5, 0.6) is 0 Å². The predicted molar refractivity (Wildman–Crippen MR) is 127 cm³/mol. The minimum atomic E-state index is -0.682. The highest BCUT2D eigenvalue weighted by Crippen LogP contribution is 2.42. The summed E-state index contributed by atoms with van der Waals surface area (Å²) >= 11 is 21.4. The van der Waals surface area contributed by atoms with E-state index in [9.17, 15) is 0 Å². The predicted octanol–water partition coefficient (Wildman–Crippen LogP) is 9.38. The first kappa shape index (κ1) is 23.5. The Bertz CT molecular complexity index is 763. The average Bonchev–Trinajstić information content (AvgIpc) is 2.52. The molecule has 0 unspecified atom stereocenters. The highest BCUT2D eigenvalue weighted by atomic mass is 79.9. The van der Waals surface area contributed by atoms with Gasteiger partial charge in [-0.1, -0.05) is 31.9 Å². The summed E-state index contributed by atoms with van der Waals surface area (Å²) in [7, 11) is 0. The van der Waals surface area contributed by atoms with Gasteiger partial charge in [0.1, 0.15) is 11.2 Å². The lowest BCUT2D eigenvalue weighted by atomic mass is 9.98. The Hall–Kier alpha value is 1.24. The van der Waals surface area contributed by atoms with Gasteiger partial charge in [0, 0.05) is 38.0 Å². The summed E-state index contributed by atoms with van der Waals surface area (Å²) in [6.45, 7) is 7.86. The third kappa shape index (κ3) is 5.43. The Morgan fingerprint density at radius 3 is 1.19 bits per heavy atom. The molecule has 0 saturated carbocycles. The Morgan fingerprint density at radius 1 is 0.577 bits per heavy atom. The Balaban J connectivity index is 2.32. The molecule has 2 aromatic carbocycles. The fourth-order valence-electron chi connectivity index (χ4n) is 2.29. The molecule has 0 aromatic heterocycles. The molecule has 0 aliphatic carbocycles. The molecule has 2 nitrogen and oxygen atoms in total. The van der Waals surface area contributed by atoms with Gasteiger partial charge in [-0.15, -0.1) is 0 Å². The van der Waals surface area contributed by atoms with Crippen LogP contribution in [0.4, 0.5) is 0 Å². The first-order valence-corrected chi connectivity index (χ1v) is 12.3. The second-order valence-corrected chi connectivity index (χ2v) is 11.8. The maximum Gasteiger partial charge on any atom is 0.124 e. The van der Waals surface area contributed by atoms with Gasteiger partial charge in [0.2, 0.25) is 0 Å². The number of halogens is 6. The van der Waals surface area contributed by atoms with Gasteiger partial charge in [-0.05, 0) is 116 Å². The van der Waals surface area contributed by atoms with Crippen LogP contribution in [-0.2, 0) is 21.0 Å². The first-order chi connectivity index (χ1) is 11.8. The Labute approximate surface area is 204 Å². The Kier molecular flexibility index (Phi) is 8.09. The van der Waals surface area contributed by atoms with Crippen LogP contribution in [0.15, 0.2) is 51.1 Å². The van der Waals surface area contributed by atoms with E-state index in [1.165, 1.54) is 0 Å². The van der Waals surface area contributed by atoms with E-state index < -0.39 is 11.2 Å². The first-order valence-electron chi connectivity index (χ1n) is 7.52. The maximum absolute atomic E-state index is 5.94. The highest BCUT2D eigenvalue weighted by molar-refractivity contribution is 9.13. The topological polar surface area (TPSA) is 18.5 Å². The zero-order valence-electron chi connectivity index (χ0n) is 14.4. The molecular formula is C18H16Br6O2. The smallest absolute Gasteiger partial charge is 0.124 e. The molecule has 2 rings (SSSR count). The summed E-state index contributed by atoms with van der Waals surface area (Å²) < 4.78 is 5.65. The third-order valence-electron chi connectivity index (χ3n) is 3.74. The Morgan fingerprint density at radius 2 is 0.885 bits per heavy atom. The molecule has 0 bridgehead atoms. The molecule has 0 fully saturated rings. The molecule has 0 N–H and O–H groups in total. The van der Waals surface area contributed by atoms with Crippen molar-refractivity contribution in [3.63, 3.8) is 0 Å². The van der Waals surface area contributed by atoms with E-state index in [0.717, 1.165) is 38.0 Å². The van der Waals surface area contributed by atoms with Gasteiger partial charge < -0.3 is 0 Å². The summed E-state index contributed by atoms with van der Waals surface area (Å²) in [5.74, 6) is 0. The van der Waals surface area contributed by atoms with E-state index in [-0.39, 0.29) is 0 Å². The van der Waals surface area contributed by atoms with Crippen LogP contribution in [0.2, 0.25) is 0 Å². The van der Waals surface area contributed by atoms with E-state index in [0.29, 0.717) is 0 Å². The van der Waals surface area contributed by atoms with Gasteiger partial charge in [0.15, 0.2) is 0 Å². The minimum absolute atomic E-state index is 0.682. The van der Waals surface area contributed by atoms with Gasteiger partial charge in [-0.25, -0.2) is 9.78 Å². The van der Waals surface area contributed by atoms with E-state index in [2.05, 4.69) is 95.6 Å². The monoisotopic (exact) mass is 738 g/mol. The molecule has 0 spiro atoms. The molecule has 0 aliphatic heterocycles. The number of hydrogen-bond donors (Lipinski definition) is 0. The van der Waals surface area contributed by atoms with Crippen molar-refractivity contribution in [1.29, 1.82) is 0 Å². The zero-order valence-corrected chi connectivity index (χ0v) is 23.9. The molecule has 0 aliphatic rings. The largest absolute Gasteiger partial charge is 0.225 e. The summed E-state index contributed by atoms with van der Waals surface area (Å²) in [6.07, 6.45) is 0. The van der Waals surface area contributed by atoms with E-state index in [1.807, 2.05) is 52.0 Å². The lowest BCUT2D eigenvalue weighted by molar-refractivity contribution is -0.410. The van der Waals surface area contributed by atoms with Crippen LogP contribution < -0.4 is 0 Å². The molecule has 142 valence electrons. The van der Waals surface area contributed by atoms with E-state index >= 15 is 0 Å². The van der Waals surface area contributed by atoms with Gasteiger partial charge in [0.25, 0.3) is 0 Å². The van der Waals surface area contributed by atoms with Gasteiger partial charge >= 0.3 is 0 Å². The number of hydrogen-bond acceptors (Lipinski definition) is 2. The SMILES string of the molecule is CC(C)(OOC(C)(C)c1cc(Br)cc(Br)c1Br)c1cc(Br)cc(Br)c1Br. The maximum atomic E-state index is 5.94. The van der Waals surface area contributed by atoms with Crippen molar-refractivity contribution in [3.05, 3.63) is 62.2 Å². The quantitative estimate of drug-likeness (QED) is 0.173. The van der Waals surface area contributed by atoms with Crippen molar-refractivity contribution < 1.29 is 9.78 Å². The van der Waals surface area contributed by atoms with Crippen LogP contribution in [0.25, 0.3) is 0 Å². The van der Waals surface area contributed by atoms with E-state index in [1.54, 1.807) is 0 Å². The molecule has 8 heteroatoms. The molecule has 0 heterocycles.